The molecule has 2 aromatic rings. The molecule has 0 saturated heterocycles. The Bertz CT molecular complexity index is 576. The average Bonchev–Trinajstić information content (AvgIpc) is 3.18. The highest BCUT2D eigenvalue weighted by Gasteiger charge is 2.34. The Balaban J connectivity index is 0.000000173. The lowest BCUT2D eigenvalue weighted by Crippen LogP contribution is -2.19. The summed E-state index contributed by atoms with van der Waals surface area (Å²) in [5, 5.41) is 0. The van der Waals surface area contributed by atoms with Gasteiger partial charge in [-0.1, -0.05) is 42.1 Å². The van der Waals surface area contributed by atoms with E-state index in [4.69, 9.17) is 0 Å². The van der Waals surface area contributed by atoms with Crippen molar-refractivity contribution < 1.29 is 22.7 Å². The van der Waals surface area contributed by atoms with Crippen LogP contribution in [0.4, 0.5) is 13.2 Å². The molecule has 1 heterocycles. The number of carbonyl (C=O) groups is 1. The van der Waals surface area contributed by atoms with Gasteiger partial charge in [-0.05, 0) is 24.3 Å². The van der Waals surface area contributed by atoms with Crippen LogP contribution < -0.4 is 0 Å². The van der Waals surface area contributed by atoms with E-state index in [1.165, 1.54) is 34.1 Å². The number of benzene rings is 2. The second-order valence-corrected chi connectivity index (χ2v) is 4.83. The van der Waals surface area contributed by atoms with Gasteiger partial charge in [0.05, 0.1) is 5.56 Å². The molecule has 2 aromatic carbocycles. The summed E-state index contributed by atoms with van der Waals surface area (Å²) in [5.74, 6) is -1.40. The van der Waals surface area contributed by atoms with Gasteiger partial charge in [-0.25, -0.2) is 4.79 Å². The first-order valence-electron chi connectivity index (χ1n) is 5.58. The third kappa shape index (κ3) is 4.62. The number of hydrogen-bond donors (Lipinski definition) is 0. The molecule has 1 aliphatic rings. The molecule has 20 heavy (non-hydrogen) atoms. The van der Waals surface area contributed by atoms with E-state index in [1.54, 1.807) is 6.07 Å². The van der Waals surface area contributed by atoms with Crippen LogP contribution in [0.5, 0.6) is 0 Å². The first-order chi connectivity index (χ1) is 9.46. The molecule has 2 nitrogen and oxygen atoms in total. The van der Waals surface area contributed by atoms with Crippen LogP contribution in [0.15, 0.2) is 64.4 Å². The number of hydrogen-bond acceptors (Lipinski definition) is 3. The van der Waals surface area contributed by atoms with Crippen LogP contribution in [-0.2, 0) is 4.74 Å². The van der Waals surface area contributed by atoms with Crippen molar-refractivity contribution in [1.82, 2.24) is 0 Å². The Kier molecular flexibility index (Phi) is 4.34. The monoisotopic (exact) mass is 298 g/mol. The summed E-state index contributed by atoms with van der Waals surface area (Å²) in [6.45, 7) is 0. The maximum atomic E-state index is 11.5. The van der Waals surface area contributed by atoms with Crippen molar-refractivity contribution in [1.29, 1.82) is 0 Å². The Morgan fingerprint density at radius 2 is 1.40 bits per heavy atom. The highest BCUT2D eigenvalue weighted by molar-refractivity contribution is 8.04. The first kappa shape index (κ1) is 14.5. The van der Waals surface area contributed by atoms with E-state index in [1.807, 2.05) is 11.8 Å². The van der Waals surface area contributed by atoms with Gasteiger partial charge >= 0.3 is 12.3 Å². The summed E-state index contributed by atoms with van der Waals surface area (Å²) in [6, 6.07) is 15.4. The molecule has 0 bridgehead atoms. The normalized spacial score (nSPS) is 11.8. The van der Waals surface area contributed by atoms with Gasteiger partial charge in [0, 0.05) is 9.79 Å². The highest BCUT2D eigenvalue weighted by Crippen LogP contribution is 2.47. The van der Waals surface area contributed by atoms with E-state index >= 15 is 0 Å². The van der Waals surface area contributed by atoms with Crippen LogP contribution in [0.3, 0.4) is 0 Å². The van der Waals surface area contributed by atoms with Gasteiger partial charge in [-0.15, -0.1) is 13.2 Å². The van der Waals surface area contributed by atoms with E-state index in [2.05, 4.69) is 29.0 Å². The molecule has 0 fully saturated rings. The molecule has 0 aliphatic carbocycles. The molecule has 3 rings (SSSR count). The minimum absolute atomic E-state index is 0.125. The number of halogens is 3. The average molecular weight is 298 g/mol. The van der Waals surface area contributed by atoms with Gasteiger partial charge in [0.1, 0.15) is 0 Å². The van der Waals surface area contributed by atoms with Gasteiger partial charge in [0.15, 0.2) is 0 Å². The van der Waals surface area contributed by atoms with Crippen molar-refractivity contribution in [2.24, 2.45) is 0 Å². The third-order valence-corrected chi connectivity index (χ3v) is 3.19. The maximum Gasteiger partial charge on any atom is 0.575 e. The van der Waals surface area contributed by atoms with Gasteiger partial charge < -0.3 is 4.74 Å². The van der Waals surface area contributed by atoms with Crippen molar-refractivity contribution in [3.8, 4) is 0 Å². The second kappa shape index (κ2) is 6.00. The van der Waals surface area contributed by atoms with Crippen molar-refractivity contribution in [2.75, 3.05) is 0 Å². The summed E-state index contributed by atoms with van der Waals surface area (Å²) in [7, 11) is 0. The van der Waals surface area contributed by atoms with Crippen LogP contribution in [0.1, 0.15) is 10.4 Å². The number of ether oxygens (including phenoxy) is 1. The summed E-state index contributed by atoms with van der Waals surface area (Å²) in [5.41, 5.74) is -0.125. The molecule has 6 heteroatoms. The lowest BCUT2D eigenvalue weighted by molar-refractivity contribution is -0.291. The number of alkyl halides is 3. The molecule has 104 valence electrons. The fraction of sp³-hybridized carbons (Fsp3) is 0.0714. The Hall–Kier alpha value is -1.95. The zero-order valence-corrected chi connectivity index (χ0v) is 10.9. The molecular formula is C14H9F3O2S. The molecule has 0 N–H and O–H groups in total. The standard InChI is InChI=1S/C8H5F3O2.C6H4S/c9-8(10,11)13-7(12)6-4-2-1-3-5-6;1-2-4-6-5(3-1)7-6/h1-5H;1-4H. The van der Waals surface area contributed by atoms with Crippen molar-refractivity contribution in [3.05, 3.63) is 60.2 Å². The summed E-state index contributed by atoms with van der Waals surface area (Å²) >= 11 is 1.86. The molecule has 0 unspecified atom stereocenters. The number of carbonyl (C=O) groups excluding carboxylic acids is 1. The van der Waals surface area contributed by atoms with Gasteiger partial charge in [0.2, 0.25) is 0 Å². The van der Waals surface area contributed by atoms with Crippen LogP contribution >= 0.6 is 11.8 Å². The van der Waals surface area contributed by atoms with Crippen molar-refractivity contribution >= 4 is 17.7 Å². The molecule has 0 amide bonds. The smallest absolute Gasteiger partial charge is 0.369 e. The Morgan fingerprint density at radius 3 is 1.85 bits per heavy atom. The van der Waals surface area contributed by atoms with Gasteiger partial charge in [-0.2, -0.15) is 0 Å². The fourth-order valence-corrected chi connectivity index (χ4v) is 1.96. The highest BCUT2D eigenvalue weighted by atomic mass is 32.2. The van der Waals surface area contributed by atoms with Gasteiger partial charge in [-0.3, -0.25) is 0 Å². The topological polar surface area (TPSA) is 26.3 Å². The summed E-state index contributed by atoms with van der Waals surface area (Å²) in [6.07, 6.45) is -4.92. The zero-order valence-electron chi connectivity index (χ0n) is 10.1. The molecule has 0 atom stereocenters. The molecule has 0 saturated carbocycles. The number of esters is 1. The van der Waals surface area contributed by atoms with Crippen LogP contribution in [-0.4, -0.2) is 12.3 Å². The van der Waals surface area contributed by atoms with Crippen LogP contribution in [0, 0.1) is 0 Å². The van der Waals surface area contributed by atoms with Crippen LogP contribution in [0.2, 0.25) is 0 Å². The summed E-state index contributed by atoms with van der Waals surface area (Å²) < 4.78 is 37.8. The molecule has 1 aliphatic heterocycles. The molecule has 0 spiro atoms. The molecular weight excluding hydrogens is 289 g/mol. The van der Waals surface area contributed by atoms with Crippen LogP contribution in [0.25, 0.3) is 0 Å². The lowest BCUT2D eigenvalue weighted by atomic mass is 10.2. The predicted octanol–water partition coefficient (Wildman–Crippen LogP) is 4.51. The van der Waals surface area contributed by atoms with E-state index in [0.29, 0.717) is 0 Å². The number of fused-ring (bicyclic) bond motifs is 1. The van der Waals surface area contributed by atoms with E-state index in [-0.39, 0.29) is 5.56 Å². The molecule has 0 aromatic heterocycles. The first-order valence-corrected chi connectivity index (χ1v) is 6.39. The maximum absolute atomic E-state index is 11.5. The molecule has 0 radical (unpaired) electrons. The Morgan fingerprint density at radius 1 is 0.900 bits per heavy atom. The van der Waals surface area contributed by atoms with E-state index in [0.717, 1.165) is 0 Å². The third-order valence-electron chi connectivity index (χ3n) is 2.25. The fourth-order valence-electron chi connectivity index (χ4n) is 1.35. The zero-order chi connectivity index (χ0) is 14.6. The SMILES string of the molecule is O=C(OC(F)(F)F)c1ccccc1.c1ccc2c(c1)S2. The quantitative estimate of drug-likeness (QED) is 0.488. The van der Waals surface area contributed by atoms with Gasteiger partial charge in [0.25, 0.3) is 0 Å². The van der Waals surface area contributed by atoms with Crippen molar-refractivity contribution in [3.63, 3.8) is 0 Å². The minimum Gasteiger partial charge on any atom is -0.369 e. The van der Waals surface area contributed by atoms with Crippen molar-refractivity contribution in [2.45, 2.75) is 16.2 Å². The Labute approximate surface area is 117 Å². The van der Waals surface area contributed by atoms with E-state index < -0.39 is 12.3 Å². The predicted molar refractivity (Wildman–Crippen MR) is 68.5 cm³/mol. The second-order valence-electron chi connectivity index (χ2n) is 3.75. The lowest BCUT2D eigenvalue weighted by Gasteiger charge is -2.06. The minimum atomic E-state index is -4.92. The van der Waals surface area contributed by atoms with E-state index in [9.17, 15) is 18.0 Å². The summed E-state index contributed by atoms with van der Waals surface area (Å²) in [4.78, 5) is 13.6. The largest absolute Gasteiger partial charge is 0.575 e. The number of rotatable bonds is 1.